The summed E-state index contributed by atoms with van der Waals surface area (Å²) in [5.74, 6) is -2.56. The van der Waals surface area contributed by atoms with Gasteiger partial charge in [0.05, 0.1) is 39.8 Å². The van der Waals surface area contributed by atoms with Crippen molar-refractivity contribution in [2.75, 3.05) is 13.2 Å². The number of nitrogens with one attached hydrogen (secondary N) is 1. The fourth-order valence-electron chi connectivity index (χ4n) is 12.7. The molecule has 1 aliphatic heterocycles. The second kappa shape index (κ2) is 15.6. The summed E-state index contributed by atoms with van der Waals surface area (Å²) in [7, 11) is 0. The molecule has 7 saturated carbocycles. The number of hydrogen-bond acceptors (Lipinski definition) is 13. The van der Waals surface area contributed by atoms with Gasteiger partial charge in [-0.1, -0.05) is 12.1 Å². The van der Waals surface area contributed by atoms with E-state index >= 15 is 14.4 Å². The summed E-state index contributed by atoms with van der Waals surface area (Å²) in [6.45, 7) is 16.2. The minimum atomic E-state index is -2.18. The Kier molecular flexibility index (Phi) is 11.5. The molecule has 0 aromatic carbocycles. The molecular weight excluding hydrogens is 773 g/mol. The standard InChI is InChI=1S/C46H68N2O12/c1-11-25(2)48-60-40(54)47-16-17-55-38(52)45(9,41(3,4)36(50)57-33-28-23-31-32(24-28)35(49)56-34(31)33)46(10,42(5,6)37(51)58-43(7)14-12-13-15-43)39(53)59-44(8)29-19-26-18-27(21-29)22-30(44)20-26/h26-34H,11-24H2,1-10H3,(H,47,54). The van der Waals surface area contributed by atoms with E-state index in [1.165, 1.54) is 34.1 Å². The number of nitrogens with zero attached hydrogens (tertiary/aromatic N) is 1. The molecule has 1 N–H and O–H groups in total. The van der Waals surface area contributed by atoms with E-state index in [2.05, 4.69) is 10.5 Å². The third-order valence-electron chi connectivity index (χ3n) is 17.5. The lowest BCUT2D eigenvalue weighted by molar-refractivity contribution is -0.242. The lowest BCUT2D eigenvalue weighted by atomic mass is 9.45. The number of fused-ring (bicyclic) bond motifs is 1. The Balaban J connectivity index is 1.26. The van der Waals surface area contributed by atoms with E-state index in [9.17, 15) is 14.4 Å². The van der Waals surface area contributed by atoms with Crippen LogP contribution in [0.2, 0.25) is 0 Å². The van der Waals surface area contributed by atoms with Crippen LogP contribution in [0.4, 0.5) is 4.79 Å². The highest BCUT2D eigenvalue weighted by atomic mass is 16.7. The van der Waals surface area contributed by atoms with Gasteiger partial charge in [0, 0.05) is 11.8 Å². The summed E-state index contributed by atoms with van der Waals surface area (Å²) in [6.07, 6.45) is 7.60. The minimum absolute atomic E-state index is 0.0526. The summed E-state index contributed by atoms with van der Waals surface area (Å²) in [5.41, 5.74) is -9.01. The van der Waals surface area contributed by atoms with Crippen molar-refractivity contribution in [1.29, 1.82) is 0 Å². The Morgan fingerprint density at radius 3 is 1.97 bits per heavy atom. The molecule has 7 unspecified atom stereocenters. The van der Waals surface area contributed by atoms with Crippen LogP contribution >= 0.6 is 0 Å². The summed E-state index contributed by atoms with van der Waals surface area (Å²) >= 11 is 0. The van der Waals surface area contributed by atoms with Crippen LogP contribution in [0.3, 0.4) is 0 Å². The summed E-state index contributed by atoms with van der Waals surface area (Å²) in [4.78, 5) is 90.9. The number of ether oxygens (including phenoxy) is 5. The zero-order valence-corrected chi connectivity index (χ0v) is 37.4. The van der Waals surface area contributed by atoms with Crippen LogP contribution < -0.4 is 5.32 Å². The van der Waals surface area contributed by atoms with Gasteiger partial charge in [-0.25, -0.2) is 4.79 Å². The molecule has 8 rings (SSSR count). The van der Waals surface area contributed by atoms with E-state index in [1.807, 2.05) is 20.8 Å². The Morgan fingerprint density at radius 2 is 1.37 bits per heavy atom. The quantitative estimate of drug-likeness (QED) is 0.0437. The molecule has 14 heteroatoms. The zero-order valence-electron chi connectivity index (χ0n) is 37.4. The van der Waals surface area contributed by atoms with Crippen molar-refractivity contribution in [3.8, 4) is 0 Å². The number of amides is 1. The second-order valence-corrected chi connectivity index (χ2v) is 21.3. The number of hydrogen-bond donors (Lipinski definition) is 1. The maximum Gasteiger partial charge on any atom is 0.433 e. The van der Waals surface area contributed by atoms with Gasteiger partial charge < -0.3 is 29.0 Å². The van der Waals surface area contributed by atoms with E-state index in [0.717, 1.165) is 38.5 Å². The highest BCUT2D eigenvalue weighted by Gasteiger charge is 2.75. The average molecular weight is 841 g/mol. The van der Waals surface area contributed by atoms with Gasteiger partial charge >= 0.3 is 35.9 Å². The Labute approximate surface area is 354 Å². The van der Waals surface area contributed by atoms with Crippen LogP contribution in [-0.4, -0.2) is 78.2 Å². The predicted octanol–water partition coefficient (Wildman–Crippen LogP) is 7.23. The number of carbonyl (C=O) groups is 6. The fraction of sp³-hybridized carbons (Fsp3) is 0.848. The number of oxime groups is 1. The molecule has 8 fully saturated rings. The lowest BCUT2D eigenvalue weighted by Crippen LogP contribution is -2.69. The molecule has 0 radical (unpaired) electrons. The van der Waals surface area contributed by atoms with E-state index in [4.69, 9.17) is 28.5 Å². The molecule has 14 nitrogen and oxygen atoms in total. The van der Waals surface area contributed by atoms with Crippen molar-refractivity contribution in [2.24, 2.45) is 68.2 Å². The Morgan fingerprint density at radius 1 is 0.783 bits per heavy atom. The van der Waals surface area contributed by atoms with Crippen LogP contribution in [0.25, 0.3) is 0 Å². The van der Waals surface area contributed by atoms with E-state index in [1.54, 1.807) is 20.8 Å². The van der Waals surface area contributed by atoms with Gasteiger partial charge in [-0.05, 0) is 163 Å². The molecule has 1 saturated heterocycles. The highest BCUT2D eigenvalue weighted by Crippen LogP contribution is 2.65. The molecule has 1 amide bonds. The van der Waals surface area contributed by atoms with Crippen molar-refractivity contribution >= 4 is 41.7 Å². The van der Waals surface area contributed by atoms with Crippen LogP contribution in [-0.2, 0) is 52.5 Å². The molecule has 6 bridgehead atoms. The van der Waals surface area contributed by atoms with Gasteiger partial charge in [0.15, 0.2) is 0 Å². The van der Waals surface area contributed by atoms with Crippen molar-refractivity contribution in [3.05, 3.63) is 0 Å². The normalized spacial score (nSPS) is 35.5. The van der Waals surface area contributed by atoms with Gasteiger partial charge in [0.1, 0.15) is 30.0 Å². The van der Waals surface area contributed by atoms with Crippen LogP contribution in [0.5, 0.6) is 0 Å². The topological polar surface area (TPSA) is 182 Å². The molecule has 60 heavy (non-hydrogen) atoms. The van der Waals surface area contributed by atoms with E-state index in [0.29, 0.717) is 49.7 Å². The molecule has 7 aliphatic carbocycles. The van der Waals surface area contributed by atoms with Gasteiger partial charge in [-0.3, -0.25) is 28.8 Å². The van der Waals surface area contributed by atoms with Crippen molar-refractivity contribution < 1.29 is 57.3 Å². The second-order valence-electron chi connectivity index (χ2n) is 21.3. The maximum atomic E-state index is 15.8. The fourth-order valence-corrected chi connectivity index (χ4v) is 12.7. The van der Waals surface area contributed by atoms with E-state index in [-0.39, 0.29) is 48.7 Å². The van der Waals surface area contributed by atoms with Gasteiger partial charge in [0.25, 0.3) is 0 Å². The first kappa shape index (κ1) is 44.3. The molecule has 0 aromatic rings. The van der Waals surface area contributed by atoms with Crippen molar-refractivity contribution in [1.82, 2.24) is 5.32 Å². The first-order chi connectivity index (χ1) is 28.0. The van der Waals surface area contributed by atoms with Crippen molar-refractivity contribution in [3.63, 3.8) is 0 Å². The predicted molar refractivity (Wildman–Crippen MR) is 217 cm³/mol. The summed E-state index contributed by atoms with van der Waals surface area (Å²) < 4.78 is 31.3. The van der Waals surface area contributed by atoms with Gasteiger partial charge in [-0.2, -0.15) is 0 Å². The summed E-state index contributed by atoms with van der Waals surface area (Å²) in [5, 5.41) is 6.27. The largest absolute Gasteiger partial charge is 0.463 e. The Hall–Kier alpha value is -3.71. The smallest absolute Gasteiger partial charge is 0.433 e. The Bertz CT molecular complexity index is 1770. The number of carbonyl (C=O) groups excluding carboxylic acids is 6. The van der Waals surface area contributed by atoms with Gasteiger partial charge in [0.2, 0.25) is 0 Å². The van der Waals surface area contributed by atoms with Crippen molar-refractivity contribution in [2.45, 2.75) is 170 Å². The number of esters is 5. The lowest BCUT2D eigenvalue weighted by Gasteiger charge is -2.61. The maximum absolute atomic E-state index is 15.8. The third-order valence-corrected chi connectivity index (χ3v) is 17.5. The average Bonchev–Trinajstić information content (AvgIpc) is 3.95. The van der Waals surface area contributed by atoms with Crippen LogP contribution in [0.15, 0.2) is 5.16 Å². The van der Waals surface area contributed by atoms with E-state index < -0.39 is 75.0 Å². The molecule has 7 atom stereocenters. The molecule has 334 valence electrons. The third kappa shape index (κ3) is 7.01. The highest BCUT2D eigenvalue weighted by molar-refractivity contribution is 5.98. The van der Waals surface area contributed by atoms with Crippen LogP contribution in [0, 0.1) is 63.1 Å². The van der Waals surface area contributed by atoms with Gasteiger partial charge in [-0.15, -0.1) is 0 Å². The SMILES string of the molecule is CCC(C)=NOC(=O)NCCOC(=O)C(C)(C(C)(C)C(=O)OC1C2CC3C(=O)OC1C3C2)C(C)(C(=O)OC1(C)C2CC3CC(C2)CC1C3)C(C)(C)C(=O)OC1(C)CCCC1. The monoisotopic (exact) mass is 840 g/mol. The summed E-state index contributed by atoms with van der Waals surface area (Å²) in [6, 6.07) is 0. The first-order valence-electron chi connectivity index (χ1n) is 22.6. The molecule has 0 aromatic heterocycles. The number of rotatable bonds is 15. The zero-order chi connectivity index (χ0) is 43.8. The first-order valence-corrected chi connectivity index (χ1v) is 22.6. The molecule has 8 aliphatic rings. The molecule has 1 heterocycles. The van der Waals surface area contributed by atoms with Crippen LogP contribution in [0.1, 0.15) is 146 Å². The minimum Gasteiger partial charge on any atom is -0.463 e. The molecular formula is C46H68N2O12. The molecule has 0 spiro atoms.